The zero-order valence-corrected chi connectivity index (χ0v) is 17.9. The van der Waals surface area contributed by atoms with Crippen LogP contribution in [0.4, 0.5) is 34.6 Å². The second-order valence-electron chi connectivity index (χ2n) is 7.48. The van der Waals surface area contributed by atoms with Crippen LogP contribution in [-0.2, 0) is 9.53 Å². The number of halogens is 4. The van der Waals surface area contributed by atoms with Crippen molar-refractivity contribution in [1.29, 1.82) is 0 Å². The van der Waals surface area contributed by atoms with E-state index in [1.807, 2.05) is 12.1 Å². The van der Waals surface area contributed by atoms with Gasteiger partial charge in [-0.15, -0.1) is 0 Å². The van der Waals surface area contributed by atoms with E-state index in [0.29, 0.717) is 18.9 Å². The number of rotatable bonds is 7. The van der Waals surface area contributed by atoms with E-state index in [-0.39, 0.29) is 23.4 Å². The van der Waals surface area contributed by atoms with E-state index in [0.717, 1.165) is 24.8 Å². The zero-order chi connectivity index (χ0) is 24.0. The molecule has 0 aromatic heterocycles. The lowest BCUT2D eigenvalue weighted by molar-refractivity contribution is -0.123. The van der Waals surface area contributed by atoms with Crippen molar-refractivity contribution in [3.63, 3.8) is 0 Å². The number of nitrogens with one attached hydrogen (secondary N) is 3. The number of ether oxygens (including phenoxy) is 1. The van der Waals surface area contributed by atoms with Gasteiger partial charge in [-0.2, -0.15) is 13.2 Å². The number of amides is 2. The second kappa shape index (κ2) is 10.5. The molecule has 0 atom stereocenters. The summed E-state index contributed by atoms with van der Waals surface area (Å²) in [6, 6.07) is 9.35. The fourth-order valence-electron chi connectivity index (χ4n) is 3.23. The molecule has 0 saturated carbocycles. The van der Waals surface area contributed by atoms with Crippen LogP contribution in [0, 0.1) is 12.7 Å². The number of carbonyl (C=O) groups is 2. The molecular formula is C22H24F4N4O3. The van der Waals surface area contributed by atoms with E-state index in [4.69, 9.17) is 4.74 Å². The first-order chi connectivity index (χ1) is 15.6. The Balaban J connectivity index is 1.57. The molecular weight excluding hydrogens is 444 g/mol. The molecule has 7 nitrogen and oxygen atoms in total. The number of anilines is 3. The Morgan fingerprint density at radius 2 is 1.76 bits per heavy atom. The van der Waals surface area contributed by atoms with Crippen molar-refractivity contribution in [3.8, 4) is 0 Å². The molecule has 1 fully saturated rings. The van der Waals surface area contributed by atoms with Gasteiger partial charge in [0.1, 0.15) is 12.4 Å². The minimum atomic E-state index is -4.58. The van der Waals surface area contributed by atoms with Gasteiger partial charge in [0.25, 0.3) is 5.91 Å². The molecule has 1 aliphatic heterocycles. The van der Waals surface area contributed by atoms with Crippen molar-refractivity contribution >= 4 is 28.9 Å². The third-order valence-corrected chi connectivity index (χ3v) is 5.02. The number of hydrogen-bond acceptors (Lipinski definition) is 5. The summed E-state index contributed by atoms with van der Waals surface area (Å²) in [5.74, 6) is -2.27. The number of alkyl halides is 3. The zero-order valence-electron chi connectivity index (χ0n) is 17.9. The fourth-order valence-corrected chi connectivity index (χ4v) is 3.23. The molecule has 2 amide bonds. The molecule has 178 valence electrons. The molecule has 1 aliphatic rings. The molecule has 1 saturated heterocycles. The van der Waals surface area contributed by atoms with Crippen molar-refractivity contribution in [3.05, 3.63) is 53.3 Å². The Labute approximate surface area is 188 Å². The average Bonchev–Trinajstić information content (AvgIpc) is 2.79. The fraction of sp³-hybridized carbons (Fsp3) is 0.364. The molecule has 3 N–H and O–H groups in total. The van der Waals surface area contributed by atoms with Crippen LogP contribution in [0.3, 0.4) is 0 Å². The molecule has 0 unspecified atom stereocenters. The first-order valence-electron chi connectivity index (χ1n) is 10.2. The molecule has 2 aromatic carbocycles. The Hall–Kier alpha value is -3.34. The first-order valence-corrected chi connectivity index (χ1v) is 10.2. The van der Waals surface area contributed by atoms with E-state index in [1.54, 1.807) is 17.4 Å². The number of hydrogen-bond donors (Lipinski definition) is 3. The van der Waals surface area contributed by atoms with Crippen LogP contribution < -0.4 is 20.9 Å². The molecule has 3 rings (SSSR count). The highest BCUT2D eigenvalue weighted by atomic mass is 19.4. The lowest BCUT2D eigenvalue weighted by Crippen LogP contribution is -2.36. The van der Waals surface area contributed by atoms with Gasteiger partial charge in [-0.1, -0.05) is 0 Å². The lowest BCUT2D eigenvalue weighted by atomic mass is 10.1. The van der Waals surface area contributed by atoms with Crippen molar-refractivity contribution in [2.45, 2.75) is 13.1 Å². The molecule has 2 aromatic rings. The predicted octanol–water partition coefficient (Wildman–Crippen LogP) is 3.31. The smallest absolute Gasteiger partial charge is 0.378 e. The van der Waals surface area contributed by atoms with Crippen LogP contribution in [-0.4, -0.2) is 57.4 Å². The standard InChI is InChI=1S/C22H24F4N4O3/c1-14-18(23)10-15(21(32)28-13-22(24,25)26)11-19(14)27-12-20(31)29-16-2-4-17(5-3-16)30-6-8-33-9-7-30/h2-5,10-11,27H,6-9,12-13H2,1H3,(H,28,32)(H,29,31). The Bertz CT molecular complexity index is 990. The number of benzene rings is 2. The van der Waals surface area contributed by atoms with Gasteiger partial charge in [0.05, 0.1) is 19.8 Å². The van der Waals surface area contributed by atoms with Crippen molar-refractivity contribution in [2.75, 3.05) is 54.9 Å². The number of nitrogens with zero attached hydrogens (tertiary/aromatic N) is 1. The van der Waals surface area contributed by atoms with Crippen LogP contribution in [0.1, 0.15) is 15.9 Å². The third kappa shape index (κ3) is 7.07. The topological polar surface area (TPSA) is 82.7 Å². The summed E-state index contributed by atoms with van der Waals surface area (Å²) in [4.78, 5) is 26.4. The van der Waals surface area contributed by atoms with E-state index < -0.39 is 30.4 Å². The molecule has 1 heterocycles. The summed E-state index contributed by atoms with van der Waals surface area (Å²) in [6.07, 6.45) is -4.58. The highest BCUT2D eigenvalue weighted by Crippen LogP contribution is 2.22. The molecule has 0 aliphatic carbocycles. The Morgan fingerprint density at radius 1 is 1.09 bits per heavy atom. The monoisotopic (exact) mass is 468 g/mol. The number of carbonyl (C=O) groups excluding carboxylic acids is 2. The summed E-state index contributed by atoms with van der Waals surface area (Å²) >= 11 is 0. The van der Waals surface area contributed by atoms with Gasteiger partial charge >= 0.3 is 6.18 Å². The lowest BCUT2D eigenvalue weighted by Gasteiger charge is -2.28. The van der Waals surface area contributed by atoms with E-state index in [9.17, 15) is 27.2 Å². The minimum absolute atomic E-state index is 0.130. The maximum Gasteiger partial charge on any atom is 0.405 e. The maximum atomic E-state index is 14.2. The van der Waals surface area contributed by atoms with Gasteiger partial charge in [0.2, 0.25) is 5.91 Å². The highest BCUT2D eigenvalue weighted by molar-refractivity contribution is 5.96. The van der Waals surface area contributed by atoms with E-state index >= 15 is 0 Å². The van der Waals surface area contributed by atoms with Gasteiger partial charge in [-0.05, 0) is 43.3 Å². The van der Waals surface area contributed by atoms with Crippen LogP contribution in [0.2, 0.25) is 0 Å². The summed E-state index contributed by atoms with van der Waals surface area (Å²) in [5, 5.41) is 7.13. The average molecular weight is 468 g/mol. The predicted molar refractivity (Wildman–Crippen MR) is 116 cm³/mol. The van der Waals surface area contributed by atoms with Crippen molar-refractivity contribution in [1.82, 2.24) is 5.32 Å². The maximum absolute atomic E-state index is 14.2. The van der Waals surface area contributed by atoms with Gasteiger partial charge in [-0.25, -0.2) is 4.39 Å². The van der Waals surface area contributed by atoms with Crippen molar-refractivity contribution in [2.24, 2.45) is 0 Å². The molecule has 0 radical (unpaired) electrons. The summed E-state index contributed by atoms with van der Waals surface area (Å²) in [5.41, 5.74) is 1.56. The molecule has 33 heavy (non-hydrogen) atoms. The van der Waals surface area contributed by atoms with E-state index in [2.05, 4.69) is 15.5 Å². The summed E-state index contributed by atoms with van der Waals surface area (Å²) in [7, 11) is 0. The van der Waals surface area contributed by atoms with Crippen molar-refractivity contribution < 1.29 is 31.9 Å². The van der Waals surface area contributed by atoms with Gasteiger partial charge in [0.15, 0.2) is 0 Å². The first kappa shape index (κ1) is 24.3. The third-order valence-electron chi connectivity index (χ3n) is 5.02. The summed E-state index contributed by atoms with van der Waals surface area (Å²) < 4.78 is 56.4. The number of morpholine rings is 1. The Morgan fingerprint density at radius 3 is 2.39 bits per heavy atom. The SMILES string of the molecule is Cc1c(F)cc(C(=O)NCC(F)(F)F)cc1NCC(=O)Nc1ccc(N2CCOCC2)cc1. The Kier molecular flexibility index (Phi) is 7.75. The van der Waals surface area contributed by atoms with Crippen LogP contribution >= 0.6 is 0 Å². The highest BCUT2D eigenvalue weighted by Gasteiger charge is 2.28. The summed E-state index contributed by atoms with van der Waals surface area (Å²) in [6.45, 7) is 2.57. The largest absolute Gasteiger partial charge is 0.405 e. The van der Waals surface area contributed by atoms with Crippen LogP contribution in [0.25, 0.3) is 0 Å². The minimum Gasteiger partial charge on any atom is -0.378 e. The van der Waals surface area contributed by atoms with Crippen LogP contribution in [0.5, 0.6) is 0 Å². The van der Waals surface area contributed by atoms with E-state index in [1.165, 1.54) is 13.0 Å². The van der Waals surface area contributed by atoms with Gasteiger partial charge < -0.3 is 25.6 Å². The van der Waals surface area contributed by atoms with Gasteiger partial charge in [0, 0.05) is 41.3 Å². The molecule has 0 spiro atoms. The quantitative estimate of drug-likeness (QED) is 0.544. The second-order valence-corrected chi connectivity index (χ2v) is 7.48. The van der Waals surface area contributed by atoms with Gasteiger partial charge in [-0.3, -0.25) is 9.59 Å². The normalized spacial score (nSPS) is 14.0. The molecule has 11 heteroatoms. The van der Waals surface area contributed by atoms with Crippen LogP contribution in [0.15, 0.2) is 36.4 Å². The molecule has 0 bridgehead atoms.